The average molecular weight is 585 g/mol. The lowest BCUT2D eigenvalue weighted by Gasteiger charge is -2.34. The van der Waals surface area contributed by atoms with Gasteiger partial charge < -0.3 is 10.6 Å². The summed E-state index contributed by atoms with van der Waals surface area (Å²) in [4.78, 5) is 24.8. The summed E-state index contributed by atoms with van der Waals surface area (Å²) in [5, 5.41) is 6.32. The highest BCUT2D eigenvalue weighted by atomic mass is 16.1. The molecule has 0 heterocycles. The van der Waals surface area contributed by atoms with Gasteiger partial charge in [-0.15, -0.1) is 0 Å². The van der Waals surface area contributed by atoms with Crippen LogP contribution in [0, 0.1) is 0 Å². The number of rotatable bonds is 7. The fraction of sp³-hybridized carbons (Fsp3) is 0.0732. The lowest BCUT2D eigenvalue weighted by atomic mass is 9.67. The predicted octanol–water partition coefficient (Wildman–Crippen LogP) is 9.21. The molecule has 0 fully saturated rings. The molecule has 2 N–H and O–H groups in total. The summed E-state index contributed by atoms with van der Waals surface area (Å²) in [5.41, 5.74) is 11.8. The van der Waals surface area contributed by atoms with E-state index in [1.807, 2.05) is 67.7 Å². The number of amides is 1. The number of anilines is 2. The number of fused-ring (bicyclic) bond motifs is 3. The molecule has 0 saturated carbocycles. The Labute approximate surface area is 263 Å². The van der Waals surface area contributed by atoms with Crippen LogP contribution in [0.4, 0.5) is 11.4 Å². The Morgan fingerprint density at radius 3 is 1.42 bits per heavy atom. The molecule has 0 aliphatic heterocycles. The van der Waals surface area contributed by atoms with Gasteiger partial charge in [0.1, 0.15) is 0 Å². The van der Waals surface area contributed by atoms with Crippen molar-refractivity contribution in [3.8, 4) is 22.3 Å². The van der Waals surface area contributed by atoms with E-state index >= 15 is 0 Å². The Hall–Kier alpha value is -5.74. The molecule has 0 spiro atoms. The summed E-state index contributed by atoms with van der Waals surface area (Å²) < 4.78 is 0. The largest absolute Gasteiger partial charge is 0.388 e. The van der Waals surface area contributed by atoms with Crippen LogP contribution >= 0.6 is 0 Å². The number of ketones is 1. The van der Waals surface area contributed by atoms with E-state index in [0.717, 1.165) is 28.1 Å². The van der Waals surface area contributed by atoms with Crippen LogP contribution in [-0.2, 0) is 5.41 Å². The average Bonchev–Trinajstić information content (AvgIpc) is 3.40. The number of hydrogen-bond acceptors (Lipinski definition) is 3. The van der Waals surface area contributed by atoms with Crippen LogP contribution in [0.3, 0.4) is 0 Å². The van der Waals surface area contributed by atoms with Crippen molar-refractivity contribution >= 4 is 23.1 Å². The molecule has 1 amide bonds. The van der Waals surface area contributed by atoms with Gasteiger partial charge in [0.2, 0.25) is 0 Å². The number of Topliss-reactive ketones (excluding diaryl/α,β-unsaturated/α-hetero) is 1. The van der Waals surface area contributed by atoms with Crippen molar-refractivity contribution < 1.29 is 9.59 Å². The van der Waals surface area contributed by atoms with Crippen molar-refractivity contribution in [1.29, 1.82) is 0 Å². The highest BCUT2D eigenvalue weighted by molar-refractivity contribution is 6.04. The van der Waals surface area contributed by atoms with Crippen LogP contribution in [-0.4, -0.2) is 18.7 Å². The first-order valence-electron chi connectivity index (χ1n) is 15.1. The molecule has 0 atom stereocenters. The minimum atomic E-state index is -0.500. The summed E-state index contributed by atoms with van der Waals surface area (Å²) in [6.45, 7) is 1.56. The first-order valence-corrected chi connectivity index (χ1v) is 15.1. The molecule has 7 rings (SSSR count). The van der Waals surface area contributed by atoms with Gasteiger partial charge in [-0.3, -0.25) is 9.59 Å². The molecule has 0 radical (unpaired) electrons. The molecule has 0 unspecified atom stereocenters. The maximum Gasteiger partial charge on any atom is 0.255 e. The first kappa shape index (κ1) is 28.1. The van der Waals surface area contributed by atoms with E-state index < -0.39 is 5.41 Å². The zero-order valence-electron chi connectivity index (χ0n) is 25.2. The Morgan fingerprint density at radius 2 is 0.956 bits per heavy atom. The normalized spacial score (nSPS) is 12.6. The van der Waals surface area contributed by atoms with Crippen LogP contribution in [0.15, 0.2) is 146 Å². The van der Waals surface area contributed by atoms with Gasteiger partial charge in [-0.2, -0.15) is 0 Å². The van der Waals surface area contributed by atoms with E-state index in [1.165, 1.54) is 27.8 Å². The van der Waals surface area contributed by atoms with Crippen LogP contribution in [0.5, 0.6) is 0 Å². The third kappa shape index (κ3) is 4.81. The van der Waals surface area contributed by atoms with Crippen molar-refractivity contribution in [3.05, 3.63) is 179 Å². The third-order valence-corrected chi connectivity index (χ3v) is 8.91. The van der Waals surface area contributed by atoms with Crippen molar-refractivity contribution in [2.45, 2.75) is 12.3 Å². The second-order valence-electron chi connectivity index (χ2n) is 11.4. The molecule has 0 bridgehead atoms. The Balaban J connectivity index is 1.20. The zero-order valence-corrected chi connectivity index (χ0v) is 25.2. The van der Waals surface area contributed by atoms with Gasteiger partial charge in [0.25, 0.3) is 5.91 Å². The quantitative estimate of drug-likeness (QED) is 0.184. The molecule has 0 aromatic heterocycles. The first-order chi connectivity index (χ1) is 22.0. The van der Waals surface area contributed by atoms with Crippen molar-refractivity contribution in [2.24, 2.45) is 0 Å². The smallest absolute Gasteiger partial charge is 0.255 e. The number of carbonyl (C=O) groups is 2. The summed E-state index contributed by atoms with van der Waals surface area (Å²) in [6.07, 6.45) is 0. The van der Waals surface area contributed by atoms with Crippen LogP contribution in [0.25, 0.3) is 22.3 Å². The second-order valence-corrected chi connectivity index (χ2v) is 11.4. The van der Waals surface area contributed by atoms with Crippen molar-refractivity contribution in [1.82, 2.24) is 0 Å². The number of hydrogen-bond donors (Lipinski definition) is 2. The number of carbonyl (C=O) groups excluding carboxylic acids is 2. The molecule has 4 nitrogen and oxygen atoms in total. The van der Waals surface area contributed by atoms with Gasteiger partial charge in [0.05, 0.1) is 5.41 Å². The molecule has 1 aliphatic rings. The fourth-order valence-electron chi connectivity index (χ4n) is 6.63. The minimum absolute atomic E-state index is 0.0397. The Bertz CT molecular complexity index is 1980. The molecular weight excluding hydrogens is 552 g/mol. The van der Waals surface area contributed by atoms with E-state index in [4.69, 9.17) is 0 Å². The van der Waals surface area contributed by atoms with E-state index in [-0.39, 0.29) is 11.7 Å². The van der Waals surface area contributed by atoms with Crippen molar-refractivity contribution in [2.75, 3.05) is 17.7 Å². The maximum atomic E-state index is 13.2. The van der Waals surface area contributed by atoms with Crippen LogP contribution in [0.1, 0.15) is 49.9 Å². The molecule has 1 aliphatic carbocycles. The molecule has 6 aromatic carbocycles. The lowest BCUT2D eigenvalue weighted by Crippen LogP contribution is -2.28. The highest BCUT2D eigenvalue weighted by Gasteiger charge is 2.45. The van der Waals surface area contributed by atoms with Gasteiger partial charge in [-0.25, -0.2) is 0 Å². The fourth-order valence-corrected chi connectivity index (χ4v) is 6.63. The van der Waals surface area contributed by atoms with Crippen LogP contribution < -0.4 is 10.6 Å². The summed E-state index contributed by atoms with van der Waals surface area (Å²) in [6, 6.07) is 49.3. The predicted molar refractivity (Wildman–Crippen MR) is 183 cm³/mol. The van der Waals surface area contributed by atoms with Gasteiger partial charge in [-0.1, -0.05) is 109 Å². The number of nitrogens with one attached hydrogen (secondary N) is 2. The molecule has 218 valence electrons. The minimum Gasteiger partial charge on any atom is -0.388 e. The van der Waals surface area contributed by atoms with Gasteiger partial charge in [0.15, 0.2) is 5.78 Å². The maximum absolute atomic E-state index is 13.2. The van der Waals surface area contributed by atoms with Gasteiger partial charge in [0, 0.05) is 29.5 Å². The highest BCUT2D eigenvalue weighted by Crippen LogP contribution is 2.56. The topological polar surface area (TPSA) is 58.2 Å². The van der Waals surface area contributed by atoms with Crippen LogP contribution in [0.2, 0.25) is 0 Å². The monoisotopic (exact) mass is 584 g/mol. The Kier molecular flexibility index (Phi) is 7.11. The zero-order chi connectivity index (χ0) is 31.0. The van der Waals surface area contributed by atoms with E-state index in [9.17, 15) is 9.59 Å². The Morgan fingerprint density at radius 1 is 0.511 bits per heavy atom. The van der Waals surface area contributed by atoms with Gasteiger partial charge >= 0.3 is 0 Å². The third-order valence-electron chi connectivity index (χ3n) is 8.91. The molecule has 6 aromatic rings. The number of benzene rings is 6. The molecule has 0 saturated heterocycles. The molecular formula is C41H32N2O2. The molecule has 45 heavy (non-hydrogen) atoms. The summed E-state index contributed by atoms with van der Waals surface area (Å²) in [5.74, 6) is -0.132. The van der Waals surface area contributed by atoms with Crippen molar-refractivity contribution in [3.63, 3.8) is 0 Å². The summed E-state index contributed by atoms with van der Waals surface area (Å²) in [7, 11) is 1.93. The van der Waals surface area contributed by atoms with Gasteiger partial charge in [-0.05, 0) is 87.8 Å². The lowest BCUT2D eigenvalue weighted by molar-refractivity contribution is 0.101. The van der Waals surface area contributed by atoms with E-state index in [1.54, 1.807) is 6.92 Å². The standard InChI is InChI=1S/C41H32N2O2/c1-27(44)28-11-13-29(14-12-28)30-15-17-31(18-16-30)40(45)43-35-25-21-33(22-26-35)41(32-19-23-34(42-2)24-20-32)38-9-5-3-7-36(38)37-8-4-6-10-39(37)41/h3-26,42H,1-2H3,(H,43,45). The molecule has 4 heteroatoms. The second kappa shape index (κ2) is 11.4. The van der Waals surface area contributed by atoms with E-state index in [0.29, 0.717) is 11.1 Å². The SMILES string of the molecule is CNc1ccc(C2(c3ccc(NC(=O)c4ccc(-c5ccc(C(C)=O)cc5)cc4)cc3)c3ccccc3-c3ccccc32)cc1. The summed E-state index contributed by atoms with van der Waals surface area (Å²) >= 11 is 0. The van der Waals surface area contributed by atoms with E-state index in [2.05, 4.69) is 95.6 Å².